The molecular weight excluding hydrogens is 320 g/mol. The van der Waals surface area contributed by atoms with Crippen LogP contribution in [0.4, 0.5) is 5.69 Å². The molecule has 0 aliphatic rings. The molecule has 1 amide bonds. The zero-order valence-corrected chi connectivity index (χ0v) is 14.0. The van der Waals surface area contributed by atoms with E-state index in [1.807, 2.05) is 31.2 Å². The van der Waals surface area contributed by atoms with Gasteiger partial charge in [-0.25, -0.2) is 4.79 Å². The standard InChI is InChI=1S/C19H18N2O4/c1-13-4-3-5-16(10-13)21-18(22)12-24-19(23)14(2)25-17-8-6-15(11-20)7-9-17/h3-10,14H,12H2,1-2H3,(H,21,22). The summed E-state index contributed by atoms with van der Waals surface area (Å²) in [7, 11) is 0. The lowest BCUT2D eigenvalue weighted by atomic mass is 10.2. The van der Waals surface area contributed by atoms with Crippen LogP contribution in [0.2, 0.25) is 0 Å². The average molecular weight is 338 g/mol. The SMILES string of the molecule is Cc1cccc(NC(=O)COC(=O)C(C)Oc2ccc(C#N)cc2)c1. The van der Waals surface area contributed by atoms with Crippen LogP contribution in [0, 0.1) is 18.3 Å². The Morgan fingerprint density at radius 1 is 1.20 bits per heavy atom. The monoisotopic (exact) mass is 338 g/mol. The van der Waals surface area contributed by atoms with E-state index in [1.54, 1.807) is 30.3 Å². The molecule has 0 bridgehead atoms. The van der Waals surface area contributed by atoms with E-state index in [1.165, 1.54) is 6.92 Å². The Balaban J connectivity index is 1.80. The van der Waals surface area contributed by atoms with Gasteiger partial charge in [0.25, 0.3) is 5.91 Å². The fourth-order valence-electron chi connectivity index (χ4n) is 2.03. The molecule has 1 atom stereocenters. The Bertz CT molecular complexity index is 794. The second-order valence-corrected chi connectivity index (χ2v) is 5.42. The van der Waals surface area contributed by atoms with Crippen molar-refractivity contribution in [2.75, 3.05) is 11.9 Å². The third-order valence-corrected chi connectivity index (χ3v) is 3.28. The van der Waals surface area contributed by atoms with Gasteiger partial charge in [0.05, 0.1) is 11.6 Å². The Labute approximate surface area is 146 Å². The van der Waals surface area contributed by atoms with Crippen molar-refractivity contribution in [3.8, 4) is 11.8 Å². The van der Waals surface area contributed by atoms with Crippen molar-refractivity contribution in [2.45, 2.75) is 20.0 Å². The molecule has 0 saturated carbocycles. The molecule has 0 aliphatic carbocycles. The summed E-state index contributed by atoms with van der Waals surface area (Å²) in [5.41, 5.74) is 2.15. The van der Waals surface area contributed by atoms with E-state index < -0.39 is 24.6 Å². The fourth-order valence-corrected chi connectivity index (χ4v) is 2.03. The summed E-state index contributed by atoms with van der Waals surface area (Å²) in [6, 6.07) is 15.7. The summed E-state index contributed by atoms with van der Waals surface area (Å²) in [4.78, 5) is 23.7. The van der Waals surface area contributed by atoms with E-state index in [0.717, 1.165) is 5.56 Å². The molecule has 0 aromatic heterocycles. The second-order valence-electron chi connectivity index (χ2n) is 5.42. The second kappa shape index (κ2) is 8.50. The van der Waals surface area contributed by atoms with Gasteiger partial charge in [-0.15, -0.1) is 0 Å². The first-order valence-corrected chi connectivity index (χ1v) is 7.68. The lowest BCUT2D eigenvalue weighted by molar-refractivity contribution is -0.153. The Morgan fingerprint density at radius 2 is 1.92 bits per heavy atom. The maximum absolute atomic E-state index is 11.9. The molecule has 25 heavy (non-hydrogen) atoms. The minimum absolute atomic E-state index is 0.395. The molecule has 1 unspecified atom stereocenters. The van der Waals surface area contributed by atoms with Crippen LogP contribution in [-0.4, -0.2) is 24.6 Å². The predicted octanol–water partition coefficient (Wildman–Crippen LogP) is 2.82. The molecule has 0 spiro atoms. The van der Waals surface area contributed by atoms with Crippen LogP contribution in [0.1, 0.15) is 18.1 Å². The normalized spacial score (nSPS) is 11.1. The maximum Gasteiger partial charge on any atom is 0.347 e. The molecule has 1 N–H and O–H groups in total. The van der Waals surface area contributed by atoms with Crippen LogP contribution in [-0.2, 0) is 14.3 Å². The molecule has 0 radical (unpaired) electrons. The number of hydrogen-bond donors (Lipinski definition) is 1. The molecule has 2 aromatic carbocycles. The van der Waals surface area contributed by atoms with E-state index >= 15 is 0 Å². The van der Waals surface area contributed by atoms with Gasteiger partial charge in [-0.3, -0.25) is 4.79 Å². The predicted molar refractivity (Wildman–Crippen MR) is 92.0 cm³/mol. The first kappa shape index (κ1) is 18.0. The van der Waals surface area contributed by atoms with Gasteiger partial charge in [0, 0.05) is 5.69 Å². The van der Waals surface area contributed by atoms with Gasteiger partial charge in [-0.05, 0) is 55.8 Å². The third kappa shape index (κ3) is 5.66. The van der Waals surface area contributed by atoms with Crippen LogP contribution >= 0.6 is 0 Å². The van der Waals surface area contributed by atoms with Gasteiger partial charge >= 0.3 is 5.97 Å². The molecular formula is C19H18N2O4. The summed E-state index contributed by atoms with van der Waals surface area (Å²) >= 11 is 0. The average Bonchev–Trinajstić information content (AvgIpc) is 2.60. The number of anilines is 1. The lowest BCUT2D eigenvalue weighted by Crippen LogP contribution is -2.29. The van der Waals surface area contributed by atoms with Crippen molar-refractivity contribution in [1.82, 2.24) is 0 Å². The molecule has 0 saturated heterocycles. The summed E-state index contributed by atoms with van der Waals surface area (Å²) < 4.78 is 10.4. The van der Waals surface area contributed by atoms with Crippen molar-refractivity contribution >= 4 is 17.6 Å². The summed E-state index contributed by atoms with van der Waals surface area (Å²) in [6.45, 7) is 3.05. The van der Waals surface area contributed by atoms with Gasteiger partial charge in [0.1, 0.15) is 5.75 Å². The number of benzene rings is 2. The Hall–Kier alpha value is -3.33. The van der Waals surface area contributed by atoms with Crippen molar-refractivity contribution < 1.29 is 19.1 Å². The molecule has 128 valence electrons. The Kier molecular flexibility index (Phi) is 6.13. The third-order valence-electron chi connectivity index (χ3n) is 3.28. The lowest BCUT2D eigenvalue weighted by Gasteiger charge is -2.14. The summed E-state index contributed by atoms with van der Waals surface area (Å²) in [5, 5.41) is 11.4. The summed E-state index contributed by atoms with van der Waals surface area (Å²) in [5.74, 6) is -0.638. The van der Waals surface area contributed by atoms with E-state index in [-0.39, 0.29) is 0 Å². The highest BCUT2D eigenvalue weighted by Crippen LogP contribution is 2.14. The molecule has 0 fully saturated rings. The number of amides is 1. The Morgan fingerprint density at radius 3 is 2.56 bits per heavy atom. The number of nitriles is 1. The largest absolute Gasteiger partial charge is 0.479 e. The highest BCUT2D eigenvalue weighted by atomic mass is 16.6. The van der Waals surface area contributed by atoms with Crippen LogP contribution in [0.3, 0.4) is 0 Å². The van der Waals surface area contributed by atoms with E-state index in [9.17, 15) is 9.59 Å². The fraction of sp³-hybridized carbons (Fsp3) is 0.211. The number of rotatable bonds is 6. The molecule has 2 rings (SSSR count). The van der Waals surface area contributed by atoms with Crippen molar-refractivity contribution in [1.29, 1.82) is 5.26 Å². The number of hydrogen-bond acceptors (Lipinski definition) is 5. The number of carbonyl (C=O) groups excluding carboxylic acids is 2. The van der Waals surface area contributed by atoms with Crippen LogP contribution < -0.4 is 10.1 Å². The van der Waals surface area contributed by atoms with E-state index in [2.05, 4.69) is 5.32 Å². The highest BCUT2D eigenvalue weighted by molar-refractivity contribution is 5.93. The topological polar surface area (TPSA) is 88.4 Å². The minimum atomic E-state index is -0.875. The molecule has 0 aliphatic heterocycles. The highest BCUT2D eigenvalue weighted by Gasteiger charge is 2.18. The smallest absolute Gasteiger partial charge is 0.347 e. The van der Waals surface area contributed by atoms with Gasteiger partial charge < -0.3 is 14.8 Å². The zero-order valence-electron chi connectivity index (χ0n) is 14.0. The number of aryl methyl sites for hydroxylation is 1. The van der Waals surface area contributed by atoms with Gasteiger partial charge in [0.2, 0.25) is 0 Å². The van der Waals surface area contributed by atoms with Crippen molar-refractivity contribution in [2.24, 2.45) is 0 Å². The van der Waals surface area contributed by atoms with E-state index in [0.29, 0.717) is 17.0 Å². The zero-order chi connectivity index (χ0) is 18.2. The number of ether oxygens (including phenoxy) is 2. The first-order chi connectivity index (χ1) is 12.0. The molecule has 6 heteroatoms. The number of nitrogens with one attached hydrogen (secondary N) is 1. The first-order valence-electron chi connectivity index (χ1n) is 7.68. The van der Waals surface area contributed by atoms with Gasteiger partial charge in [-0.1, -0.05) is 12.1 Å². The summed E-state index contributed by atoms with van der Waals surface area (Å²) in [6.07, 6.45) is -0.875. The van der Waals surface area contributed by atoms with Crippen LogP contribution in [0.25, 0.3) is 0 Å². The number of esters is 1. The molecule has 6 nitrogen and oxygen atoms in total. The molecule has 0 heterocycles. The van der Waals surface area contributed by atoms with Gasteiger partial charge in [0.15, 0.2) is 12.7 Å². The van der Waals surface area contributed by atoms with Crippen LogP contribution in [0.5, 0.6) is 5.75 Å². The number of carbonyl (C=O) groups is 2. The van der Waals surface area contributed by atoms with Crippen molar-refractivity contribution in [3.63, 3.8) is 0 Å². The number of nitrogens with zero attached hydrogens (tertiary/aromatic N) is 1. The maximum atomic E-state index is 11.9. The molecule has 2 aromatic rings. The van der Waals surface area contributed by atoms with Crippen molar-refractivity contribution in [3.05, 3.63) is 59.7 Å². The quantitative estimate of drug-likeness (QED) is 0.818. The minimum Gasteiger partial charge on any atom is -0.479 e. The van der Waals surface area contributed by atoms with Crippen LogP contribution in [0.15, 0.2) is 48.5 Å². The van der Waals surface area contributed by atoms with Gasteiger partial charge in [-0.2, -0.15) is 5.26 Å². The van der Waals surface area contributed by atoms with E-state index in [4.69, 9.17) is 14.7 Å².